The number of nitrogens with zero attached hydrogens (tertiary/aromatic N) is 3. The van der Waals surface area contributed by atoms with Crippen molar-refractivity contribution in [3.63, 3.8) is 0 Å². The van der Waals surface area contributed by atoms with Gasteiger partial charge >= 0.3 is 51.4 Å². The van der Waals surface area contributed by atoms with Crippen LogP contribution in [0.1, 0.15) is 27.7 Å². The van der Waals surface area contributed by atoms with Crippen LogP contribution in [0.15, 0.2) is 0 Å². The molecule has 0 atom stereocenters. The van der Waals surface area contributed by atoms with Crippen molar-refractivity contribution in [2.75, 3.05) is 45.8 Å². The molecule has 20 heavy (non-hydrogen) atoms. The van der Waals surface area contributed by atoms with Crippen molar-refractivity contribution < 1.29 is 61.3 Å². The van der Waals surface area contributed by atoms with Crippen LogP contribution in [0.2, 0.25) is 0 Å². The third kappa shape index (κ3) is 7.84. The fraction of sp³-hybridized carbons (Fsp3) is 0.929. The van der Waals surface area contributed by atoms with Gasteiger partial charge in [0.25, 0.3) is 0 Å². The van der Waals surface area contributed by atoms with Gasteiger partial charge in [0.05, 0.1) is 5.97 Å². The van der Waals surface area contributed by atoms with E-state index in [1.807, 2.05) is 4.90 Å². The fourth-order valence-electron chi connectivity index (χ4n) is 2.51. The minimum Gasteiger partial charge on any atom is -0.549 e. The first kappa shape index (κ1) is 21.0. The molecule has 1 heterocycles. The summed E-state index contributed by atoms with van der Waals surface area (Å²) < 4.78 is 0. The Morgan fingerprint density at radius 2 is 1.25 bits per heavy atom. The second-order valence-electron chi connectivity index (χ2n) is 5.91. The summed E-state index contributed by atoms with van der Waals surface area (Å²) in [7, 11) is 0. The molecule has 1 fully saturated rings. The minimum absolute atomic E-state index is 0. The van der Waals surface area contributed by atoms with Crippen LogP contribution in [0.5, 0.6) is 0 Å². The molecule has 6 heteroatoms. The predicted octanol–water partition coefficient (Wildman–Crippen LogP) is -3.52. The molecule has 0 aromatic rings. The van der Waals surface area contributed by atoms with Crippen LogP contribution >= 0.6 is 0 Å². The topological polar surface area (TPSA) is 49.9 Å². The molecule has 0 N–H and O–H groups in total. The zero-order valence-electron chi connectivity index (χ0n) is 13.8. The molecule has 1 rings (SSSR count). The van der Waals surface area contributed by atoms with Crippen LogP contribution in [0.4, 0.5) is 0 Å². The van der Waals surface area contributed by atoms with Crippen LogP contribution in [-0.2, 0) is 4.79 Å². The van der Waals surface area contributed by atoms with E-state index in [4.69, 9.17) is 0 Å². The maximum Gasteiger partial charge on any atom is 1.00 e. The number of carboxylic acid groups (broad SMARTS) is 1. The van der Waals surface area contributed by atoms with E-state index < -0.39 is 5.97 Å². The van der Waals surface area contributed by atoms with Crippen molar-refractivity contribution >= 4 is 5.97 Å². The van der Waals surface area contributed by atoms with Crippen LogP contribution in [-0.4, -0.2) is 78.6 Å². The van der Waals surface area contributed by atoms with Gasteiger partial charge in [0.1, 0.15) is 0 Å². The number of hydrogen-bond acceptors (Lipinski definition) is 5. The molecule has 0 radical (unpaired) electrons. The van der Waals surface area contributed by atoms with Gasteiger partial charge in [-0.05, 0) is 27.7 Å². The summed E-state index contributed by atoms with van der Waals surface area (Å²) in [4.78, 5) is 17.6. The molecule has 0 aromatic carbocycles. The van der Waals surface area contributed by atoms with Gasteiger partial charge < -0.3 is 9.90 Å². The van der Waals surface area contributed by atoms with Crippen molar-refractivity contribution in [3.05, 3.63) is 0 Å². The molecule has 1 aliphatic rings. The van der Waals surface area contributed by atoms with Crippen molar-refractivity contribution in [2.45, 2.75) is 39.8 Å². The molecule has 0 spiro atoms. The molecule has 0 amide bonds. The molecular weight excluding hydrogens is 281 g/mol. The minimum atomic E-state index is -0.980. The van der Waals surface area contributed by atoms with E-state index in [1.165, 1.54) is 0 Å². The molecule has 1 aliphatic heterocycles. The van der Waals surface area contributed by atoms with Gasteiger partial charge in [0.2, 0.25) is 0 Å². The smallest absolute Gasteiger partial charge is 0.549 e. The number of aliphatic carboxylic acids is 1. The van der Waals surface area contributed by atoms with E-state index in [0.29, 0.717) is 12.1 Å². The molecule has 0 aliphatic carbocycles. The predicted molar refractivity (Wildman–Crippen MR) is 74.9 cm³/mol. The molecule has 5 nitrogen and oxygen atoms in total. The Morgan fingerprint density at radius 3 is 1.55 bits per heavy atom. The van der Waals surface area contributed by atoms with Crippen molar-refractivity contribution in [2.24, 2.45) is 0 Å². The molecular formula is C14H28KN3O2. The zero-order chi connectivity index (χ0) is 14.4. The average Bonchev–Trinajstić information content (AvgIpc) is 2.38. The summed E-state index contributed by atoms with van der Waals surface area (Å²) in [6.45, 7) is 14.4. The number of carbonyl (C=O) groups is 1. The van der Waals surface area contributed by atoms with Crippen LogP contribution in [0.3, 0.4) is 0 Å². The van der Waals surface area contributed by atoms with Gasteiger partial charge in [0, 0.05) is 57.9 Å². The normalized spacial score (nSPS) is 20.3. The Balaban J connectivity index is 0.00000361. The SMILES string of the molecule is CC(C)N1CCN(CC(=O)[O-])CCN(C(C)C)CC1.[K+]. The van der Waals surface area contributed by atoms with Gasteiger partial charge in [-0.15, -0.1) is 0 Å². The third-order valence-electron chi connectivity index (χ3n) is 3.89. The van der Waals surface area contributed by atoms with E-state index in [0.717, 1.165) is 39.3 Å². The molecule has 112 valence electrons. The zero-order valence-corrected chi connectivity index (χ0v) is 16.9. The number of hydrogen-bond donors (Lipinski definition) is 0. The van der Waals surface area contributed by atoms with Crippen LogP contribution in [0.25, 0.3) is 0 Å². The summed E-state index contributed by atoms with van der Waals surface area (Å²) in [6.07, 6.45) is 0. The first-order chi connectivity index (χ1) is 8.90. The van der Waals surface area contributed by atoms with Gasteiger partial charge in [-0.3, -0.25) is 14.7 Å². The summed E-state index contributed by atoms with van der Waals surface area (Å²) >= 11 is 0. The quantitative estimate of drug-likeness (QED) is 0.504. The summed E-state index contributed by atoms with van der Waals surface area (Å²) in [5, 5.41) is 10.8. The summed E-state index contributed by atoms with van der Waals surface area (Å²) in [5.41, 5.74) is 0. The maximum absolute atomic E-state index is 10.8. The largest absolute Gasteiger partial charge is 1.00 e. The second-order valence-corrected chi connectivity index (χ2v) is 5.91. The molecule has 1 saturated heterocycles. The van der Waals surface area contributed by atoms with E-state index >= 15 is 0 Å². The third-order valence-corrected chi connectivity index (χ3v) is 3.89. The number of rotatable bonds is 4. The van der Waals surface area contributed by atoms with Crippen molar-refractivity contribution in [3.8, 4) is 0 Å². The monoisotopic (exact) mass is 309 g/mol. The van der Waals surface area contributed by atoms with Gasteiger partial charge in [0.15, 0.2) is 0 Å². The molecule has 0 bridgehead atoms. The van der Waals surface area contributed by atoms with E-state index in [1.54, 1.807) is 0 Å². The number of carbonyl (C=O) groups excluding carboxylic acids is 1. The number of carboxylic acids is 1. The average molecular weight is 309 g/mol. The summed E-state index contributed by atoms with van der Waals surface area (Å²) in [6, 6.07) is 0.994. The first-order valence-electron chi connectivity index (χ1n) is 7.30. The van der Waals surface area contributed by atoms with Gasteiger partial charge in [-0.25, -0.2) is 0 Å². The van der Waals surface area contributed by atoms with Gasteiger partial charge in [-0.2, -0.15) is 0 Å². The first-order valence-corrected chi connectivity index (χ1v) is 7.30. The fourth-order valence-corrected chi connectivity index (χ4v) is 2.51. The Hall–Kier alpha value is 0.986. The Bertz CT molecular complexity index is 268. The van der Waals surface area contributed by atoms with Gasteiger partial charge in [-0.1, -0.05) is 0 Å². The Morgan fingerprint density at radius 1 is 0.900 bits per heavy atom. The van der Waals surface area contributed by atoms with Crippen molar-refractivity contribution in [1.82, 2.24) is 14.7 Å². The van der Waals surface area contributed by atoms with Crippen molar-refractivity contribution in [1.29, 1.82) is 0 Å². The molecule has 0 saturated carbocycles. The Labute approximate surface area is 166 Å². The van der Waals surface area contributed by atoms with E-state index in [2.05, 4.69) is 37.5 Å². The maximum atomic E-state index is 10.8. The molecule has 0 aromatic heterocycles. The van der Waals surface area contributed by atoms with E-state index in [-0.39, 0.29) is 57.9 Å². The second kappa shape index (κ2) is 10.7. The Kier molecular flexibility index (Phi) is 11.2. The van der Waals surface area contributed by atoms with Crippen LogP contribution in [0, 0.1) is 0 Å². The standard InChI is InChI=1S/C14H29N3O2.K/c1-12(2)16-7-5-15(11-14(18)19)6-8-17(10-9-16)13(3)4;/h12-13H,5-11H2,1-4H3,(H,18,19);/q;+1/p-1. The summed E-state index contributed by atoms with van der Waals surface area (Å²) in [5.74, 6) is -0.980. The van der Waals surface area contributed by atoms with E-state index in [9.17, 15) is 9.90 Å². The molecule has 0 unspecified atom stereocenters. The van der Waals surface area contributed by atoms with Crippen LogP contribution < -0.4 is 56.5 Å².